The molecule has 1 amide bonds. The fraction of sp³-hybridized carbons (Fsp3) is 0.556. The lowest BCUT2D eigenvalue weighted by atomic mass is 10.1. The maximum atomic E-state index is 13.2. The lowest BCUT2D eigenvalue weighted by Crippen LogP contribution is -2.41. The van der Waals surface area contributed by atoms with Crippen molar-refractivity contribution in [3.8, 4) is 0 Å². The molecule has 0 spiro atoms. The predicted octanol–water partition coefficient (Wildman–Crippen LogP) is 3.99. The number of nitrogens with one attached hydrogen (secondary N) is 1. The third kappa shape index (κ3) is 7.06. The summed E-state index contributed by atoms with van der Waals surface area (Å²) in [7, 11) is 1.24. The minimum absolute atomic E-state index is 0.163. The van der Waals surface area contributed by atoms with Crippen molar-refractivity contribution in [3.63, 3.8) is 0 Å². The molecule has 6 heteroatoms. The first-order chi connectivity index (χ1) is 11.5. The fourth-order valence-electron chi connectivity index (χ4n) is 2.45. The summed E-state index contributed by atoms with van der Waals surface area (Å²) in [5.74, 6) is -2.94. The summed E-state index contributed by atoms with van der Waals surface area (Å²) in [6.07, 6.45) is 6.72. The first kappa shape index (κ1) is 20.1. The van der Waals surface area contributed by atoms with Crippen molar-refractivity contribution < 1.29 is 23.1 Å². The Morgan fingerprint density at radius 3 is 2.21 bits per heavy atom. The molecular weight excluding hydrogens is 316 g/mol. The van der Waals surface area contributed by atoms with E-state index in [4.69, 9.17) is 4.74 Å². The number of benzene rings is 1. The lowest BCUT2D eigenvalue weighted by Gasteiger charge is -2.16. The summed E-state index contributed by atoms with van der Waals surface area (Å²) < 4.78 is 31.1. The van der Waals surface area contributed by atoms with Gasteiger partial charge >= 0.3 is 5.97 Å². The highest BCUT2D eigenvalue weighted by Crippen LogP contribution is 2.12. The van der Waals surface area contributed by atoms with Gasteiger partial charge in [-0.1, -0.05) is 45.4 Å². The highest BCUT2D eigenvalue weighted by atomic mass is 19.1. The number of carbonyl (C=O) groups is 2. The Kier molecular flexibility index (Phi) is 8.97. The van der Waals surface area contributed by atoms with Crippen LogP contribution >= 0.6 is 0 Å². The second-order valence-corrected chi connectivity index (χ2v) is 5.76. The Morgan fingerprint density at radius 2 is 1.62 bits per heavy atom. The molecule has 0 aliphatic rings. The molecule has 24 heavy (non-hydrogen) atoms. The summed E-state index contributed by atoms with van der Waals surface area (Å²) in [5, 5.41) is 2.49. The molecular formula is C18H25F2NO3. The molecule has 0 fully saturated rings. The van der Waals surface area contributed by atoms with Crippen LogP contribution in [0.25, 0.3) is 0 Å². The average Bonchev–Trinajstić information content (AvgIpc) is 2.55. The average molecular weight is 341 g/mol. The van der Waals surface area contributed by atoms with E-state index in [0.717, 1.165) is 44.2 Å². The van der Waals surface area contributed by atoms with E-state index < -0.39 is 29.6 Å². The van der Waals surface area contributed by atoms with Crippen molar-refractivity contribution in [2.24, 2.45) is 0 Å². The molecule has 4 nitrogen and oxygen atoms in total. The molecule has 0 aliphatic carbocycles. The quantitative estimate of drug-likeness (QED) is 0.517. The van der Waals surface area contributed by atoms with Crippen LogP contribution in [-0.2, 0) is 9.53 Å². The molecule has 0 radical (unpaired) electrons. The molecule has 0 aliphatic heterocycles. The van der Waals surface area contributed by atoms with E-state index in [1.807, 2.05) is 0 Å². The molecule has 0 saturated carbocycles. The molecule has 134 valence electrons. The van der Waals surface area contributed by atoms with Crippen molar-refractivity contribution in [1.29, 1.82) is 0 Å². The van der Waals surface area contributed by atoms with E-state index in [-0.39, 0.29) is 5.56 Å². The minimum atomic E-state index is -0.842. The first-order valence-corrected chi connectivity index (χ1v) is 8.32. The van der Waals surface area contributed by atoms with Crippen molar-refractivity contribution >= 4 is 11.9 Å². The van der Waals surface area contributed by atoms with E-state index >= 15 is 0 Å². The lowest BCUT2D eigenvalue weighted by molar-refractivity contribution is -0.143. The molecule has 0 saturated heterocycles. The maximum Gasteiger partial charge on any atom is 0.328 e. The number of rotatable bonds is 10. The number of hydrogen-bond donors (Lipinski definition) is 1. The number of esters is 1. The van der Waals surface area contributed by atoms with Gasteiger partial charge in [0.1, 0.15) is 17.7 Å². The second kappa shape index (κ2) is 10.7. The van der Waals surface area contributed by atoms with Gasteiger partial charge < -0.3 is 10.1 Å². The zero-order chi connectivity index (χ0) is 17.9. The number of amides is 1. The molecule has 0 bridgehead atoms. The molecule has 1 aromatic rings. The third-order valence-electron chi connectivity index (χ3n) is 3.76. The Balaban J connectivity index is 2.58. The number of hydrogen-bond acceptors (Lipinski definition) is 3. The fourth-order valence-corrected chi connectivity index (χ4v) is 2.45. The monoisotopic (exact) mass is 341 g/mol. The Hall–Kier alpha value is -1.98. The van der Waals surface area contributed by atoms with E-state index in [1.165, 1.54) is 13.5 Å². The smallest absolute Gasteiger partial charge is 0.328 e. The Labute approximate surface area is 141 Å². The van der Waals surface area contributed by atoms with Crippen molar-refractivity contribution in [2.75, 3.05) is 7.11 Å². The molecule has 0 unspecified atom stereocenters. The summed E-state index contributed by atoms with van der Waals surface area (Å²) in [5.41, 5.74) is -0.163. The minimum Gasteiger partial charge on any atom is -0.467 e. The van der Waals surface area contributed by atoms with Gasteiger partial charge in [0, 0.05) is 11.6 Å². The summed E-state index contributed by atoms with van der Waals surface area (Å²) in [6.45, 7) is 2.14. The highest BCUT2D eigenvalue weighted by molar-refractivity contribution is 5.96. The van der Waals surface area contributed by atoms with E-state index in [0.29, 0.717) is 12.5 Å². The molecule has 1 atom stereocenters. The Morgan fingerprint density at radius 1 is 1.04 bits per heavy atom. The second-order valence-electron chi connectivity index (χ2n) is 5.76. The zero-order valence-corrected chi connectivity index (χ0v) is 14.2. The SMILES string of the molecule is CCCCCCCC[C@H](NC(=O)c1cc(F)cc(F)c1)C(=O)OC. The number of methoxy groups -OCH3 is 1. The van der Waals surface area contributed by atoms with Gasteiger partial charge in [-0.15, -0.1) is 0 Å². The molecule has 1 N–H and O–H groups in total. The van der Waals surface area contributed by atoms with Crippen LogP contribution in [0.2, 0.25) is 0 Å². The van der Waals surface area contributed by atoms with Gasteiger partial charge in [0.2, 0.25) is 0 Å². The number of halogens is 2. The van der Waals surface area contributed by atoms with Crippen LogP contribution in [0.4, 0.5) is 8.78 Å². The number of ether oxygens (including phenoxy) is 1. The van der Waals surface area contributed by atoms with Gasteiger partial charge in [0.15, 0.2) is 0 Å². The summed E-state index contributed by atoms with van der Waals surface area (Å²) >= 11 is 0. The number of carbonyl (C=O) groups excluding carboxylic acids is 2. The predicted molar refractivity (Wildman–Crippen MR) is 87.6 cm³/mol. The van der Waals surface area contributed by atoms with Crippen LogP contribution in [0, 0.1) is 11.6 Å². The van der Waals surface area contributed by atoms with Crippen molar-refractivity contribution in [3.05, 3.63) is 35.4 Å². The van der Waals surface area contributed by atoms with E-state index in [2.05, 4.69) is 12.2 Å². The first-order valence-electron chi connectivity index (χ1n) is 8.32. The molecule has 0 heterocycles. The van der Waals surface area contributed by atoms with Gasteiger partial charge in [0.25, 0.3) is 5.91 Å². The highest BCUT2D eigenvalue weighted by Gasteiger charge is 2.22. The van der Waals surface area contributed by atoms with Crippen LogP contribution in [0.1, 0.15) is 62.2 Å². The zero-order valence-electron chi connectivity index (χ0n) is 14.2. The van der Waals surface area contributed by atoms with Crippen molar-refractivity contribution in [2.45, 2.75) is 57.9 Å². The molecule has 1 aromatic carbocycles. The summed E-state index contributed by atoms with van der Waals surface area (Å²) in [6, 6.07) is 1.72. The van der Waals surface area contributed by atoms with Gasteiger partial charge in [0.05, 0.1) is 7.11 Å². The topological polar surface area (TPSA) is 55.4 Å². The molecule has 1 rings (SSSR count). The standard InChI is InChI=1S/C18H25F2NO3/c1-3-4-5-6-7-8-9-16(18(23)24-2)21-17(22)13-10-14(19)12-15(20)11-13/h10-12,16H,3-9H2,1-2H3,(H,21,22)/t16-/m0/s1. The van der Waals surface area contributed by atoms with E-state index in [9.17, 15) is 18.4 Å². The van der Waals surface area contributed by atoms with Gasteiger partial charge in [-0.3, -0.25) is 4.79 Å². The molecule has 0 aromatic heterocycles. The third-order valence-corrected chi connectivity index (χ3v) is 3.76. The summed E-state index contributed by atoms with van der Waals surface area (Å²) in [4.78, 5) is 23.9. The van der Waals surface area contributed by atoms with Crippen LogP contribution in [0.3, 0.4) is 0 Å². The number of unbranched alkanes of at least 4 members (excludes halogenated alkanes) is 5. The Bertz CT molecular complexity index is 529. The maximum absolute atomic E-state index is 13.2. The van der Waals surface area contributed by atoms with Gasteiger partial charge in [-0.2, -0.15) is 0 Å². The van der Waals surface area contributed by atoms with Crippen LogP contribution < -0.4 is 5.32 Å². The van der Waals surface area contributed by atoms with Gasteiger partial charge in [-0.25, -0.2) is 13.6 Å². The van der Waals surface area contributed by atoms with Crippen LogP contribution in [0.15, 0.2) is 18.2 Å². The van der Waals surface area contributed by atoms with Crippen molar-refractivity contribution in [1.82, 2.24) is 5.32 Å². The van der Waals surface area contributed by atoms with Crippen LogP contribution in [0.5, 0.6) is 0 Å². The van der Waals surface area contributed by atoms with Gasteiger partial charge in [-0.05, 0) is 18.6 Å². The van der Waals surface area contributed by atoms with Crippen LogP contribution in [-0.4, -0.2) is 25.0 Å². The van der Waals surface area contributed by atoms with E-state index in [1.54, 1.807) is 0 Å². The largest absolute Gasteiger partial charge is 0.467 e. The normalized spacial score (nSPS) is 11.8.